The summed E-state index contributed by atoms with van der Waals surface area (Å²) in [6.07, 6.45) is 6.74. The van der Waals surface area contributed by atoms with Gasteiger partial charge in [-0.05, 0) is 37.0 Å². The van der Waals surface area contributed by atoms with Crippen LogP contribution >= 0.6 is 11.3 Å². The Kier molecular flexibility index (Phi) is 3.80. The average Bonchev–Trinajstić information content (AvgIpc) is 3.12. The molecule has 0 aromatic carbocycles. The van der Waals surface area contributed by atoms with Crippen molar-refractivity contribution in [2.75, 3.05) is 7.05 Å². The Bertz CT molecular complexity index is 701. The minimum absolute atomic E-state index is 0.238. The van der Waals surface area contributed by atoms with Crippen LogP contribution < -0.4 is 5.32 Å². The summed E-state index contributed by atoms with van der Waals surface area (Å²) in [6, 6.07) is 4.52. The topological polar surface area (TPSA) is 42.7 Å². The summed E-state index contributed by atoms with van der Waals surface area (Å²) in [5.41, 5.74) is 2.29. The number of aryl methyl sites for hydroxylation is 1. The lowest BCUT2D eigenvalue weighted by atomic mass is 10.1. The molecule has 0 aliphatic heterocycles. The Labute approximate surface area is 122 Å². The first-order valence-electron chi connectivity index (χ1n) is 6.82. The van der Waals surface area contributed by atoms with Crippen LogP contribution in [-0.4, -0.2) is 21.6 Å². The fraction of sp³-hybridized carbons (Fsp3) is 0.333. The van der Waals surface area contributed by atoms with Crippen LogP contribution in [0, 0.1) is 0 Å². The molecule has 0 saturated heterocycles. The van der Waals surface area contributed by atoms with Gasteiger partial charge in [0.1, 0.15) is 5.82 Å². The lowest BCUT2D eigenvalue weighted by Crippen LogP contribution is -2.21. The van der Waals surface area contributed by atoms with Crippen molar-refractivity contribution in [2.24, 2.45) is 0 Å². The second-order valence-electron chi connectivity index (χ2n) is 4.75. The highest BCUT2D eigenvalue weighted by molar-refractivity contribution is 7.17. The van der Waals surface area contributed by atoms with Crippen molar-refractivity contribution < 1.29 is 0 Å². The number of hydrogen-bond acceptors (Lipinski definition) is 4. The first-order chi connectivity index (χ1) is 9.81. The van der Waals surface area contributed by atoms with E-state index in [2.05, 4.69) is 44.3 Å². The maximum Gasteiger partial charge on any atom is 0.110 e. The predicted molar refractivity (Wildman–Crippen MR) is 83.0 cm³/mol. The zero-order valence-electron chi connectivity index (χ0n) is 11.7. The third-order valence-corrected chi connectivity index (χ3v) is 4.46. The molecule has 0 amide bonds. The van der Waals surface area contributed by atoms with Gasteiger partial charge in [0.2, 0.25) is 0 Å². The Morgan fingerprint density at radius 3 is 3.10 bits per heavy atom. The number of likely N-dealkylation sites (N-methyl/N-ethyl adjacent to an activating group) is 1. The molecule has 4 nitrogen and oxygen atoms in total. The Balaban J connectivity index is 1.88. The molecule has 104 valence electrons. The van der Waals surface area contributed by atoms with E-state index >= 15 is 0 Å². The highest BCUT2D eigenvalue weighted by Gasteiger charge is 2.14. The van der Waals surface area contributed by atoms with E-state index in [1.165, 1.54) is 10.3 Å². The molecule has 0 fully saturated rings. The van der Waals surface area contributed by atoms with Crippen LogP contribution in [0.15, 0.2) is 36.1 Å². The smallest absolute Gasteiger partial charge is 0.110 e. The Morgan fingerprint density at radius 1 is 1.40 bits per heavy atom. The van der Waals surface area contributed by atoms with Crippen LogP contribution in [0.1, 0.15) is 24.4 Å². The number of pyridine rings is 1. The van der Waals surface area contributed by atoms with Gasteiger partial charge in [-0.1, -0.05) is 0 Å². The van der Waals surface area contributed by atoms with E-state index in [1.54, 1.807) is 11.3 Å². The first kappa shape index (κ1) is 13.3. The van der Waals surface area contributed by atoms with Crippen molar-refractivity contribution in [3.63, 3.8) is 0 Å². The van der Waals surface area contributed by atoms with Gasteiger partial charge >= 0.3 is 0 Å². The SMILES string of the molecule is CCn1ccnc1CC(NC)c1cnc2ccsc2c1. The van der Waals surface area contributed by atoms with Crippen LogP contribution in [0.25, 0.3) is 10.2 Å². The number of nitrogens with zero attached hydrogens (tertiary/aromatic N) is 3. The first-order valence-corrected chi connectivity index (χ1v) is 7.70. The molecule has 0 aliphatic rings. The van der Waals surface area contributed by atoms with Gasteiger partial charge in [-0.15, -0.1) is 11.3 Å². The number of hydrogen-bond donors (Lipinski definition) is 1. The van der Waals surface area contributed by atoms with Gasteiger partial charge in [0.15, 0.2) is 0 Å². The number of rotatable bonds is 5. The van der Waals surface area contributed by atoms with Gasteiger partial charge in [0.25, 0.3) is 0 Å². The zero-order chi connectivity index (χ0) is 13.9. The lowest BCUT2D eigenvalue weighted by Gasteiger charge is -2.16. The second kappa shape index (κ2) is 5.73. The molecule has 0 bridgehead atoms. The summed E-state index contributed by atoms with van der Waals surface area (Å²) in [5, 5.41) is 5.46. The highest BCUT2D eigenvalue weighted by Crippen LogP contribution is 2.24. The monoisotopic (exact) mass is 286 g/mol. The minimum atomic E-state index is 0.238. The van der Waals surface area contributed by atoms with E-state index < -0.39 is 0 Å². The third kappa shape index (κ3) is 2.46. The van der Waals surface area contributed by atoms with Crippen molar-refractivity contribution in [1.29, 1.82) is 0 Å². The lowest BCUT2D eigenvalue weighted by molar-refractivity contribution is 0.552. The third-order valence-electron chi connectivity index (χ3n) is 3.60. The molecule has 3 heterocycles. The summed E-state index contributed by atoms with van der Waals surface area (Å²) in [6.45, 7) is 3.09. The van der Waals surface area contributed by atoms with E-state index in [1.807, 2.05) is 25.6 Å². The summed E-state index contributed by atoms with van der Waals surface area (Å²) in [5.74, 6) is 1.11. The Hall–Kier alpha value is -1.72. The molecule has 3 rings (SSSR count). The maximum absolute atomic E-state index is 4.53. The fourth-order valence-electron chi connectivity index (χ4n) is 2.44. The molecule has 5 heteroatoms. The van der Waals surface area contributed by atoms with Crippen LogP contribution in [0.2, 0.25) is 0 Å². The summed E-state index contributed by atoms with van der Waals surface area (Å²) < 4.78 is 3.42. The van der Waals surface area contributed by atoms with Gasteiger partial charge in [-0.2, -0.15) is 0 Å². The van der Waals surface area contributed by atoms with E-state index in [4.69, 9.17) is 0 Å². The van der Waals surface area contributed by atoms with Gasteiger partial charge in [0.05, 0.1) is 10.2 Å². The summed E-state index contributed by atoms with van der Waals surface area (Å²) in [4.78, 5) is 8.98. The minimum Gasteiger partial charge on any atom is -0.335 e. The molecule has 3 aromatic heterocycles. The van der Waals surface area contributed by atoms with Crippen molar-refractivity contribution >= 4 is 21.6 Å². The summed E-state index contributed by atoms with van der Waals surface area (Å²) >= 11 is 1.73. The molecule has 0 spiro atoms. The van der Waals surface area contributed by atoms with E-state index in [0.717, 1.165) is 24.3 Å². The average molecular weight is 286 g/mol. The zero-order valence-corrected chi connectivity index (χ0v) is 12.5. The van der Waals surface area contributed by atoms with E-state index in [9.17, 15) is 0 Å². The van der Waals surface area contributed by atoms with E-state index in [0.29, 0.717) is 0 Å². The number of fused-ring (bicyclic) bond motifs is 1. The second-order valence-corrected chi connectivity index (χ2v) is 5.70. The van der Waals surface area contributed by atoms with Crippen molar-refractivity contribution in [2.45, 2.75) is 25.9 Å². The quantitative estimate of drug-likeness (QED) is 0.784. The van der Waals surface area contributed by atoms with Gasteiger partial charge in [-0.25, -0.2) is 4.98 Å². The van der Waals surface area contributed by atoms with Gasteiger partial charge in [-0.3, -0.25) is 4.98 Å². The molecule has 0 aliphatic carbocycles. The van der Waals surface area contributed by atoms with Crippen molar-refractivity contribution in [3.8, 4) is 0 Å². The van der Waals surface area contributed by atoms with E-state index in [-0.39, 0.29) is 6.04 Å². The molecule has 1 atom stereocenters. The molecule has 3 aromatic rings. The normalized spacial score (nSPS) is 12.9. The standard InChI is InChI=1S/C15H18N4S/c1-3-19-6-5-17-15(19)9-13(16-2)11-8-14-12(18-10-11)4-7-20-14/h4-8,10,13,16H,3,9H2,1-2H3. The fourth-order valence-corrected chi connectivity index (χ4v) is 3.23. The molecule has 0 radical (unpaired) electrons. The Morgan fingerprint density at radius 2 is 2.30 bits per heavy atom. The maximum atomic E-state index is 4.53. The molecule has 1 N–H and O–H groups in total. The number of thiophene rings is 1. The van der Waals surface area contributed by atoms with Gasteiger partial charge < -0.3 is 9.88 Å². The summed E-state index contributed by atoms with van der Waals surface area (Å²) in [7, 11) is 1.99. The molecule has 20 heavy (non-hydrogen) atoms. The van der Waals surface area contributed by atoms with Crippen LogP contribution in [0.5, 0.6) is 0 Å². The number of imidazole rings is 1. The van der Waals surface area contributed by atoms with Crippen molar-refractivity contribution in [1.82, 2.24) is 19.9 Å². The van der Waals surface area contributed by atoms with Crippen molar-refractivity contribution in [3.05, 3.63) is 47.5 Å². The van der Waals surface area contributed by atoms with Gasteiger partial charge in [0, 0.05) is 37.6 Å². The predicted octanol–water partition coefficient (Wildman–Crippen LogP) is 3.02. The van der Waals surface area contributed by atoms with Crippen LogP contribution in [0.3, 0.4) is 0 Å². The number of nitrogens with one attached hydrogen (secondary N) is 1. The van der Waals surface area contributed by atoms with Crippen LogP contribution in [0.4, 0.5) is 0 Å². The molecule has 1 unspecified atom stereocenters. The molecule has 0 saturated carbocycles. The largest absolute Gasteiger partial charge is 0.335 e. The molecular weight excluding hydrogens is 268 g/mol. The number of aromatic nitrogens is 3. The molecular formula is C15H18N4S. The van der Waals surface area contributed by atoms with Crippen LogP contribution in [-0.2, 0) is 13.0 Å². The highest BCUT2D eigenvalue weighted by atomic mass is 32.1.